The van der Waals surface area contributed by atoms with E-state index in [9.17, 15) is 9.59 Å². The minimum absolute atomic E-state index is 0.154. The van der Waals surface area contributed by atoms with E-state index in [1.165, 1.54) is 4.90 Å². The normalized spacial score (nSPS) is 21.8. The molecule has 5 nitrogen and oxygen atoms in total. The average Bonchev–Trinajstić information content (AvgIpc) is 2.51. The first-order chi connectivity index (χ1) is 10.7. The average molecular weight is 344 g/mol. The molecule has 1 rings (SSSR count). The van der Waals surface area contributed by atoms with Crippen molar-refractivity contribution in [1.29, 1.82) is 0 Å². The molecular weight excluding hydrogens is 310 g/mol. The van der Waals surface area contributed by atoms with Crippen LogP contribution in [0.15, 0.2) is 0 Å². The molecular formula is C17H33NO4Si. The Kier molecular flexibility index (Phi) is 7.26. The second-order valence-electron chi connectivity index (χ2n) is 7.20. The molecule has 0 aromatic rings. The lowest BCUT2D eigenvalue weighted by atomic mass is 9.89. The van der Waals surface area contributed by atoms with Gasteiger partial charge in [0.05, 0.1) is 12.6 Å². The van der Waals surface area contributed by atoms with Gasteiger partial charge in [0, 0.05) is 0 Å². The lowest BCUT2D eigenvalue weighted by Crippen LogP contribution is -2.71. The number of amides is 2. The van der Waals surface area contributed by atoms with Crippen molar-refractivity contribution in [2.45, 2.75) is 78.7 Å². The van der Waals surface area contributed by atoms with E-state index in [2.05, 4.69) is 20.8 Å². The summed E-state index contributed by atoms with van der Waals surface area (Å²) in [6.07, 6.45) is -1.01. The predicted octanol–water partition coefficient (Wildman–Crippen LogP) is 4.04. The maximum Gasteiger partial charge on any atom is 0.416 e. The van der Waals surface area contributed by atoms with Crippen LogP contribution in [0.25, 0.3) is 0 Å². The number of ether oxygens (including phenoxy) is 1. The third-order valence-corrected chi connectivity index (χ3v) is 9.44. The fourth-order valence-corrected chi connectivity index (χ4v) is 5.82. The second kappa shape index (κ2) is 8.28. The van der Waals surface area contributed by atoms with Crippen LogP contribution in [-0.2, 0) is 14.0 Å². The summed E-state index contributed by atoms with van der Waals surface area (Å²) in [6.45, 7) is 14.7. The van der Waals surface area contributed by atoms with Gasteiger partial charge in [0.15, 0.2) is 8.32 Å². The van der Waals surface area contributed by atoms with Crippen LogP contribution in [0.2, 0.25) is 18.1 Å². The first-order valence-corrected chi connectivity index (χ1v) is 11.4. The molecule has 0 spiro atoms. The molecule has 1 fully saturated rings. The van der Waals surface area contributed by atoms with Gasteiger partial charge in [-0.25, -0.2) is 9.69 Å². The first-order valence-electron chi connectivity index (χ1n) is 8.90. The van der Waals surface area contributed by atoms with E-state index >= 15 is 0 Å². The van der Waals surface area contributed by atoms with Gasteiger partial charge in [-0.15, -0.1) is 0 Å². The molecule has 2 amide bonds. The summed E-state index contributed by atoms with van der Waals surface area (Å²) in [5.41, 5.74) is 0. The highest BCUT2D eigenvalue weighted by Gasteiger charge is 2.55. The van der Waals surface area contributed by atoms with Gasteiger partial charge in [-0.1, -0.05) is 48.5 Å². The van der Waals surface area contributed by atoms with E-state index in [1.807, 2.05) is 27.7 Å². The highest BCUT2D eigenvalue weighted by atomic mass is 28.4. The predicted molar refractivity (Wildman–Crippen MR) is 93.7 cm³/mol. The number of nitrogens with zero attached hydrogens (tertiary/aromatic N) is 1. The number of carbonyl (C=O) groups is 2. The molecule has 0 aliphatic carbocycles. The Morgan fingerprint density at radius 2 is 1.65 bits per heavy atom. The molecule has 6 heteroatoms. The Morgan fingerprint density at radius 3 is 2.04 bits per heavy atom. The van der Waals surface area contributed by atoms with E-state index in [-0.39, 0.29) is 23.8 Å². The van der Waals surface area contributed by atoms with Crippen molar-refractivity contribution in [3.05, 3.63) is 0 Å². The zero-order chi connectivity index (χ0) is 17.8. The van der Waals surface area contributed by atoms with Crippen molar-refractivity contribution in [3.8, 4) is 0 Å². The first kappa shape index (κ1) is 20.2. The summed E-state index contributed by atoms with van der Waals surface area (Å²) < 4.78 is 11.6. The lowest BCUT2D eigenvalue weighted by Gasteiger charge is -2.49. The monoisotopic (exact) mass is 343 g/mol. The lowest BCUT2D eigenvalue weighted by molar-refractivity contribution is -0.163. The Bertz CT molecular complexity index is 413. The van der Waals surface area contributed by atoms with Crippen molar-refractivity contribution < 1.29 is 18.8 Å². The SMILES string of the molecule is CC[Si](CC)(CC)OC1C(=O)N(C(=O)OCC(C)C)C1C(C)C. The molecule has 0 saturated carbocycles. The molecule has 134 valence electrons. The summed E-state index contributed by atoms with van der Waals surface area (Å²) in [5, 5.41) is 0. The van der Waals surface area contributed by atoms with Crippen molar-refractivity contribution >= 4 is 20.3 Å². The van der Waals surface area contributed by atoms with Gasteiger partial charge < -0.3 is 9.16 Å². The van der Waals surface area contributed by atoms with Crippen LogP contribution in [0.4, 0.5) is 4.79 Å². The number of likely N-dealkylation sites (tertiary alicyclic amines) is 1. The molecule has 1 aliphatic heterocycles. The van der Waals surface area contributed by atoms with E-state index in [0.717, 1.165) is 18.1 Å². The molecule has 2 unspecified atom stereocenters. The van der Waals surface area contributed by atoms with Crippen LogP contribution < -0.4 is 0 Å². The van der Waals surface area contributed by atoms with Gasteiger partial charge >= 0.3 is 6.09 Å². The molecule has 1 saturated heterocycles. The van der Waals surface area contributed by atoms with Gasteiger partial charge in [0.1, 0.15) is 6.10 Å². The molecule has 0 aromatic heterocycles. The minimum Gasteiger partial charge on any atom is -0.449 e. The number of β-lactam (4-membered cyclic amide) rings is 1. The number of rotatable bonds is 8. The molecule has 2 atom stereocenters. The number of hydrogen-bond donors (Lipinski definition) is 0. The number of carbonyl (C=O) groups excluding carboxylic acids is 2. The van der Waals surface area contributed by atoms with Crippen LogP contribution >= 0.6 is 0 Å². The molecule has 0 aromatic carbocycles. The summed E-state index contributed by atoms with van der Waals surface area (Å²) in [4.78, 5) is 26.0. The van der Waals surface area contributed by atoms with Crippen molar-refractivity contribution in [2.24, 2.45) is 11.8 Å². The van der Waals surface area contributed by atoms with E-state index in [4.69, 9.17) is 9.16 Å². The van der Waals surface area contributed by atoms with Gasteiger partial charge in [0.2, 0.25) is 0 Å². The third kappa shape index (κ3) is 4.35. The Balaban J connectivity index is 2.84. The third-order valence-electron chi connectivity index (χ3n) is 4.82. The topological polar surface area (TPSA) is 55.8 Å². The largest absolute Gasteiger partial charge is 0.449 e. The second-order valence-corrected chi connectivity index (χ2v) is 11.9. The van der Waals surface area contributed by atoms with Gasteiger partial charge in [0.25, 0.3) is 5.91 Å². The van der Waals surface area contributed by atoms with Gasteiger partial charge in [-0.05, 0) is 30.0 Å². The van der Waals surface area contributed by atoms with Crippen molar-refractivity contribution in [1.82, 2.24) is 4.90 Å². The summed E-state index contributed by atoms with van der Waals surface area (Å²) in [6, 6.07) is 2.77. The van der Waals surface area contributed by atoms with E-state index < -0.39 is 20.5 Å². The Morgan fingerprint density at radius 1 is 1.13 bits per heavy atom. The van der Waals surface area contributed by atoms with Crippen LogP contribution in [-0.4, -0.2) is 44.0 Å². The fourth-order valence-electron chi connectivity index (χ4n) is 3.04. The summed E-state index contributed by atoms with van der Waals surface area (Å²) in [7, 11) is -1.88. The molecule has 1 heterocycles. The van der Waals surface area contributed by atoms with E-state index in [1.54, 1.807) is 0 Å². The smallest absolute Gasteiger partial charge is 0.416 e. The fraction of sp³-hybridized carbons (Fsp3) is 0.882. The van der Waals surface area contributed by atoms with Crippen LogP contribution in [0.1, 0.15) is 48.5 Å². The minimum atomic E-state index is -1.88. The molecule has 23 heavy (non-hydrogen) atoms. The zero-order valence-corrected chi connectivity index (χ0v) is 16.7. The van der Waals surface area contributed by atoms with Gasteiger partial charge in [-0.2, -0.15) is 0 Å². The standard InChI is InChI=1S/C17H33NO4Si/c1-8-23(9-2,10-3)22-15-14(13(6)7)18(16(15)19)17(20)21-11-12(4)5/h12-15H,8-11H2,1-7H3. The summed E-state index contributed by atoms with van der Waals surface area (Å²) in [5.74, 6) is 0.173. The maximum absolute atomic E-state index is 12.5. The molecule has 1 aliphatic rings. The quantitative estimate of drug-likeness (QED) is 0.493. The Labute approximate surface area is 141 Å². The zero-order valence-electron chi connectivity index (χ0n) is 15.7. The summed E-state index contributed by atoms with van der Waals surface area (Å²) >= 11 is 0. The van der Waals surface area contributed by atoms with Crippen LogP contribution in [0, 0.1) is 11.8 Å². The number of hydrogen-bond acceptors (Lipinski definition) is 4. The molecule has 0 N–H and O–H groups in total. The molecule has 0 bridgehead atoms. The van der Waals surface area contributed by atoms with Crippen molar-refractivity contribution in [3.63, 3.8) is 0 Å². The highest BCUT2D eigenvalue weighted by molar-refractivity contribution is 6.73. The maximum atomic E-state index is 12.5. The van der Waals surface area contributed by atoms with E-state index in [0.29, 0.717) is 6.61 Å². The van der Waals surface area contributed by atoms with Crippen LogP contribution in [0.5, 0.6) is 0 Å². The molecule has 0 radical (unpaired) electrons. The van der Waals surface area contributed by atoms with Crippen LogP contribution in [0.3, 0.4) is 0 Å². The van der Waals surface area contributed by atoms with Gasteiger partial charge in [-0.3, -0.25) is 4.79 Å². The highest BCUT2D eigenvalue weighted by Crippen LogP contribution is 2.35. The Hall–Kier alpha value is -0.883. The van der Waals surface area contributed by atoms with Crippen molar-refractivity contribution in [2.75, 3.05) is 6.61 Å². The number of imide groups is 1.